The first-order valence-electron chi connectivity index (χ1n) is 9.92. The van der Waals surface area contributed by atoms with Gasteiger partial charge in [-0.1, -0.05) is 69.2 Å². The van der Waals surface area contributed by atoms with Gasteiger partial charge in [0.1, 0.15) is 0 Å². The van der Waals surface area contributed by atoms with E-state index in [-0.39, 0.29) is 40.2 Å². The molecule has 0 atom stereocenters. The predicted molar refractivity (Wildman–Crippen MR) is 132 cm³/mol. The predicted octanol–water partition coefficient (Wildman–Crippen LogP) is 8.37. The Balaban J connectivity index is -0.000000345. The van der Waals surface area contributed by atoms with E-state index >= 15 is 0 Å². The molecular weight excluding hydrogens is 747 g/mol. The number of hydrogen-bond donors (Lipinski definition) is 0. The SMILES string of the molecule is CP(C)CP(C)C.C[C]1[C](C)[C](C)[C](C)[C]1C.C[C]1[C](C)[C](C)[C](C)[C]1C.[Ir].[Ir]. The second-order valence-electron chi connectivity index (χ2n) is 8.55. The first kappa shape index (κ1) is 35.7. The summed E-state index contributed by atoms with van der Waals surface area (Å²) in [5, 5.41) is 0. The second-order valence-corrected chi connectivity index (χ2v) is 14.0. The van der Waals surface area contributed by atoms with Gasteiger partial charge in [-0.05, 0) is 91.7 Å². The largest absolute Gasteiger partial charge is 0.109 e. The van der Waals surface area contributed by atoms with Gasteiger partial charge in [-0.25, -0.2) is 0 Å². The topological polar surface area (TPSA) is 0 Å². The average Bonchev–Trinajstić information content (AvgIpc) is 2.85. The van der Waals surface area contributed by atoms with Crippen LogP contribution in [0.15, 0.2) is 0 Å². The van der Waals surface area contributed by atoms with Crippen molar-refractivity contribution in [2.75, 3.05) is 32.6 Å². The molecule has 4 heteroatoms. The molecule has 0 saturated heterocycles. The van der Waals surface area contributed by atoms with Gasteiger partial charge in [-0.15, -0.1) is 15.8 Å². The molecule has 0 aromatic heterocycles. The molecule has 0 nitrogen and oxygen atoms in total. The smallest absolute Gasteiger partial charge is 0 e. The Bertz CT molecular complexity index is 277. The van der Waals surface area contributed by atoms with Crippen LogP contribution in [0.25, 0.3) is 0 Å². The fraction of sp³-hybridized carbons (Fsp3) is 0.600. The summed E-state index contributed by atoms with van der Waals surface area (Å²) >= 11 is 0. The summed E-state index contributed by atoms with van der Waals surface area (Å²) < 4.78 is 0. The van der Waals surface area contributed by atoms with Crippen molar-refractivity contribution in [1.82, 2.24) is 0 Å². The molecule has 2 saturated carbocycles. The molecule has 2 rings (SSSR count). The van der Waals surface area contributed by atoms with Crippen LogP contribution >= 0.6 is 15.8 Å². The summed E-state index contributed by atoms with van der Waals surface area (Å²) in [4.78, 5) is 0. The van der Waals surface area contributed by atoms with Gasteiger partial charge in [-0.2, -0.15) is 0 Å². The van der Waals surface area contributed by atoms with Crippen molar-refractivity contribution in [3.05, 3.63) is 59.2 Å². The van der Waals surface area contributed by atoms with E-state index in [0.717, 1.165) is 0 Å². The third-order valence-corrected chi connectivity index (χ3v) is 10.7. The zero-order chi connectivity index (χ0) is 21.6. The second kappa shape index (κ2) is 16.7. The van der Waals surface area contributed by atoms with Gasteiger partial charge in [0.25, 0.3) is 0 Å². The standard InChI is InChI=1S/2C10H15.C5H14P2.2Ir/c2*1-6-7(2)9(4)10(5)8(6)3;1-6(2)5-7(3)4;;/h2*1-5H3;5H2,1-4H3;;. The van der Waals surface area contributed by atoms with Crippen LogP contribution in [0.5, 0.6) is 0 Å². The van der Waals surface area contributed by atoms with Gasteiger partial charge in [0.15, 0.2) is 0 Å². The first-order chi connectivity index (χ1) is 12.2. The molecular formula is C25H44Ir2P2. The van der Waals surface area contributed by atoms with Crippen molar-refractivity contribution >= 4 is 15.8 Å². The minimum Gasteiger partial charge on any atom is -0.109 e. The molecule has 0 spiro atoms. The van der Waals surface area contributed by atoms with Crippen LogP contribution in [0.1, 0.15) is 69.2 Å². The third-order valence-electron chi connectivity index (χ3n) is 6.19. The Hall–Kier alpha value is 2.16. The summed E-state index contributed by atoms with van der Waals surface area (Å²) in [6, 6.07) is 0. The Labute approximate surface area is 215 Å². The number of hydrogen-bond acceptors (Lipinski definition) is 0. The van der Waals surface area contributed by atoms with Crippen molar-refractivity contribution in [3.63, 3.8) is 0 Å². The van der Waals surface area contributed by atoms with Crippen molar-refractivity contribution < 1.29 is 40.2 Å². The van der Waals surface area contributed by atoms with Crippen LogP contribution in [0.4, 0.5) is 0 Å². The van der Waals surface area contributed by atoms with E-state index in [4.69, 9.17) is 0 Å². The maximum absolute atomic E-state index is 2.34. The number of rotatable bonds is 2. The summed E-state index contributed by atoms with van der Waals surface area (Å²) in [5.74, 6) is 16.2. The van der Waals surface area contributed by atoms with Crippen LogP contribution in [-0.4, -0.2) is 32.6 Å². The molecule has 172 valence electrons. The van der Waals surface area contributed by atoms with Crippen LogP contribution < -0.4 is 0 Å². The molecule has 0 N–H and O–H groups in total. The average molecular weight is 791 g/mol. The molecule has 29 heavy (non-hydrogen) atoms. The molecule has 0 heterocycles. The quantitative estimate of drug-likeness (QED) is 0.247. The van der Waals surface area contributed by atoms with Gasteiger partial charge in [-0.3, -0.25) is 0 Å². The zero-order valence-electron chi connectivity index (χ0n) is 21.3. The van der Waals surface area contributed by atoms with E-state index in [0.29, 0.717) is 15.8 Å². The Kier molecular flexibility index (Phi) is 20.6. The van der Waals surface area contributed by atoms with E-state index in [1.165, 1.54) is 65.1 Å². The first-order valence-corrected chi connectivity index (χ1v) is 14.8. The fourth-order valence-corrected chi connectivity index (χ4v) is 7.90. The molecule has 0 aromatic rings. The molecule has 2 fully saturated rings. The maximum Gasteiger partial charge on any atom is 0 e. The molecule has 2 aliphatic rings. The summed E-state index contributed by atoms with van der Waals surface area (Å²) in [6.45, 7) is 31.4. The molecule has 0 aliphatic heterocycles. The van der Waals surface area contributed by atoms with E-state index in [1.807, 2.05) is 0 Å². The normalized spacial score (nSPS) is 22.3. The third kappa shape index (κ3) is 11.2. The minimum absolute atomic E-state index is 0. The Morgan fingerprint density at radius 3 is 0.483 bits per heavy atom. The monoisotopic (exact) mass is 792 g/mol. The maximum atomic E-state index is 2.34. The Morgan fingerprint density at radius 1 is 0.345 bits per heavy atom. The van der Waals surface area contributed by atoms with E-state index in [1.54, 1.807) is 0 Å². The van der Waals surface area contributed by atoms with Gasteiger partial charge in [0.2, 0.25) is 0 Å². The van der Waals surface area contributed by atoms with Gasteiger partial charge < -0.3 is 0 Å². The minimum atomic E-state index is 0. The molecule has 0 unspecified atom stereocenters. The Morgan fingerprint density at radius 2 is 0.448 bits per heavy atom. The van der Waals surface area contributed by atoms with E-state index in [2.05, 4.69) is 95.9 Å². The van der Waals surface area contributed by atoms with Gasteiger partial charge >= 0.3 is 0 Å². The molecule has 2 aliphatic carbocycles. The van der Waals surface area contributed by atoms with Crippen LogP contribution in [0.2, 0.25) is 0 Å². The van der Waals surface area contributed by atoms with Crippen molar-refractivity contribution in [3.8, 4) is 0 Å². The molecule has 12 radical (unpaired) electrons. The van der Waals surface area contributed by atoms with Crippen LogP contribution in [0, 0.1) is 59.2 Å². The zero-order valence-corrected chi connectivity index (χ0v) is 27.8. The van der Waals surface area contributed by atoms with Crippen molar-refractivity contribution in [2.24, 2.45) is 0 Å². The van der Waals surface area contributed by atoms with Gasteiger partial charge in [0, 0.05) is 40.2 Å². The van der Waals surface area contributed by atoms with Crippen molar-refractivity contribution in [1.29, 1.82) is 0 Å². The molecule has 0 aromatic carbocycles. The molecule has 0 amide bonds. The van der Waals surface area contributed by atoms with E-state index < -0.39 is 0 Å². The fourth-order valence-electron chi connectivity index (χ4n) is 3.38. The van der Waals surface area contributed by atoms with Crippen LogP contribution in [-0.2, 0) is 40.2 Å². The van der Waals surface area contributed by atoms with Gasteiger partial charge in [0.05, 0.1) is 0 Å². The summed E-state index contributed by atoms with van der Waals surface area (Å²) in [7, 11) is 0.778. The van der Waals surface area contributed by atoms with Crippen LogP contribution in [0.3, 0.4) is 0 Å². The van der Waals surface area contributed by atoms with E-state index in [9.17, 15) is 0 Å². The van der Waals surface area contributed by atoms with Crippen molar-refractivity contribution in [2.45, 2.75) is 69.2 Å². The summed E-state index contributed by atoms with van der Waals surface area (Å²) in [5.41, 5.74) is 0. The molecule has 0 bridgehead atoms. The summed E-state index contributed by atoms with van der Waals surface area (Å²) in [6.07, 6.45) is 0.